The fraction of sp³-hybridized carbons (Fsp3) is 0.167. The highest BCUT2D eigenvalue weighted by molar-refractivity contribution is 9.10. The fourth-order valence-electron chi connectivity index (χ4n) is 3.16. The van der Waals surface area contributed by atoms with Crippen molar-refractivity contribution in [2.45, 2.75) is 6.17 Å². The molecular formula is C18H16BrN3O2. The van der Waals surface area contributed by atoms with Crippen LogP contribution in [0.5, 0.6) is 11.5 Å². The topological polar surface area (TPSA) is 46.1 Å². The van der Waals surface area contributed by atoms with Crippen LogP contribution in [0.4, 0.5) is 11.4 Å². The van der Waals surface area contributed by atoms with Gasteiger partial charge in [-0.15, -0.1) is 0 Å². The van der Waals surface area contributed by atoms with E-state index in [9.17, 15) is 0 Å². The molecule has 2 aliphatic rings. The highest BCUT2D eigenvalue weighted by Crippen LogP contribution is 2.48. The highest BCUT2D eigenvalue weighted by Gasteiger charge is 2.32. The molecule has 5 nitrogen and oxygen atoms in total. The number of ether oxygens (including phenoxy) is 2. The molecule has 6 heteroatoms. The van der Waals surface area contributed by atoms with Gasteiger partial charge < -0.3 is 19.7 Å². The molecule has 0 radical (unpaired) electrons. The zero-order valence-electron chi connectivity index (χ0n) is 13.3. The molecule has 2 aromatic carbocycles. The summed E-state index contributed by atoms with van der Waals surface area (Å²) in [5.74, 6) is 1.43. The smallest absolute Gasteiger partial charge is 0.168 e. The van der Waals surface area contributed by atoms with Gasteiger partial charge in [0.05, 0.1) is 26.2 Å². The average Bonchev–Trinajstić information content (AvgIpc) is 2.61. The first kappa shape index (κ1) is 15.1. The van der Waals surface area contributed by atoms with Crippen LogP contribution < -0.4 is 19.7 Å². The van der Waals surface area contributed by atoms with E-state index in [0.29, 0.717) is 5.75 Å². The number of hydrogen-bond donors (Lipinski definition) is 1. The zero-order chi connectivity index (χ0) is 16.7. The predicted octanol–water partition coefficient (Wildman–Crippen LogP) is 4.41. The quantitative estimate of drug-likeness (QED) is 0.849. The van der Waals surface area contributed by atoms with Crippen LogP contribution in [0, 0.1) is 0 Å². The van der Waals surface area contributed by atoms with Crippen molar-refractivity contribution in [1.82, 2.24) is 0 Å². The summed E-state index contributed by atoms with van der Waals surface area (Å²) in [6.07, 6.45) is 5.66. The lowest BCUT2D eigenvalue weighted by Gasteiger charge is -2.36. The van der Waals surface area contributed by atoms with E-state index < -0.39 is 0 Å². The van der Waals surface area contributed by atoms with Crippen LogP contribution in [0.25, 0.3) is 6.08 Å². The number of nitrogens with zero attached hydrogens (tertiary/aromatic N) is 2. The fourth-order valence-corrected chi connectivity index (χ4v) is 3.55. The molecule has 0 aliphatic carbocycles. The molecule has 2 heterocycles. The van der Waals surface area contributed by atoms with Crippen molar-refractivity contribution in [2.24, 2.45) is 4.99 Å². The van der Waals surface area contributed by atoms with Crippen LogP contribution in [0.3, 0.4) is 0 Å². The number of rotatable bonds is 3. The predicted molar refractivity (Wildman–Crippen MR) is 100 cm³/mol. The first-order chi connectivity index (χ1) is 11.7. The minimum Gasteiger partial charge on any atom is -0.493 e. The molecule has 0 aromatic heterocycles. The molecule has 1 unspecified atom stereocenters. The van der Waals surface area contributed by atoms with Crippen LogP contribution in [0.1, 0.15) is 17.3 Å². The van der Waals surface area contributed by atoms with Crippen LogP contribution in [0.15, 0.2) is 46.0 Å². The number of nitrogens with one attached hydrogen (secondary N) is 1. The van der Waals surface area contributed by atoms with Gasteiger partial charge in [0, 0.05) is 33.6 Å². The minimum absolute atomic E-state index is 0.143. The van der Waals surface area contributed by atoms with Gasteiger partial charge in [0.15, 0.2) is 17.7 Å². The molecule has 4 rings (SSSR count). The number of halogens is 1. The summed E-state index contributed by atoms with van der Waals surface area (Å²) in [5.41, 5.74) is 4.12. The van der Waals surface area contributed by atoms with Gasteiger partial charge >= 0.3 is 0 Å². The van der Waals surface area contributed by atoms with Crippen molar-refractivity contribution < 1.29 is 9.47 Å². The van der Waals surface area contributed by atoms with Gasteiger partial charge in [0.25, 0.3) is 0 Å². The van der Waals surface area contributed by atoms with Crippen LogP contribution in [0.2, 0.25) is 0 Å². The SMILES string of the molecule is COc1cc2c3c(c1OC)C=CN(c1cccc(Br)c1)C3N=CN2. The summed E-state index contributed by atoms with van der Waals surface area (Å²) < 4.78 is 12.1. The van der Waals surface area contributed by atoms with E-state index in [1.807, 2.05) is 30.5 Å². The average molecular weight is 386 g/mol. The second kappa shape index (κ2) is 5.87. The number of benzene rings is 2. The Morgan fingerprint density at radius 1 is 1.21 bits per heavy atom. The Bertz CT molecular complexity index is 864. The molecule has 122 valence electrons. The van der Waals surface area contributed by atoms with E-state index in [-0.39, 0.29) is 6.17 Å². The molecular weight excluding hydrogens is 370 g/mol. The largest absolute Gasteiger partial charge is 0.493 e. The summed E-state index contributed by atoms with van der Waals surface area (Å²) in [6.45, 7) is 0. The Balaban J connectivity index is 1.89. The van der Waals surface area contributed by atoms with Crippen molar-refractivity contribution in [3.63, 3.8) is 0 Å². The second-order valence-electron chi connectivity index (χ2n) is 5.49. The summed E-state index contributed by atoms with van der Waals surface area (Å²) in [6, 6.07) is 10.1. The summed E-state index contributed by atoms with van der Waals surface area (Å²) >= 11 is 3.53. The van der Waals surface area contributed by atoms with Crippen LogP contribution in [-0.2, 0) is 0 Å². The first-order valence-electron chi connectivity index (χ1n) is 7.52. The van der Waals surface area contributed by atoms with Gasteiger partial charge in [0.2, 0.25) is 0 Å². The second-order valence-corrected chi connectivity index (χ2v) is 6.40. The molecule has 0 spiro atoms. The first-order valence-corrected chi connectivity index (χ1v) is 8.31. The summed E-state index contributed by atoms with van der Waals surface area (Å²) in [7, 11) is 3.30. The lowest BCUT2D eigenvalue weighted by Crippen LogP contribution is -2.29. The maximum atomic E-state index is 5.58. The number of hydrogen-bond acceptors (Lipinski definition) is 5. The van der Waals surface area contributed by atoms with Crippen molar-refractivity contribution >= 4 is 39.7 Å². The molecule has 24 heavy (non-hydrogen) atoms. The molecule has 2 aliphatic heterocycles. The van der Waals surface area contributed by atoms with Gasteiger partial charge in [-0.3, -0.25) is 0 Å². The minimum atomic E-state index is -0.143. The third kappa shape index (κ3) is 2.26. The number of aliphatic imine (C=N–C) groups is 1. The molecule has 0 amide bonds. The number of methoxy groups -OCH3 is 2. The molecule has 1 atom stereocenters. The van der Waals surface area contributed by atoms with E-state index in [1.54, 1.807) is 20.6 Å². The summed E-state index contributed by atoms with van der Waals surface area (Å²) in [4.78, 5) is 6.79. The highest BCUT2D eigenvalue weighted by atomic mass is 79.9. The van der Waals surface area contributed by atoms with Crippen molar-refractivity contribution in [3.05, 3.63) is 52.1 Å². The van der Waals surface area contributed by atoms with Crippen LogP contribution >= 0.6 is 15.9 Å². The lowest BCUT2D eigenvalue weighted by molar-refractivity contribution is 0.353. The van der Waals surface area contributed by atoms with Gasteiger partial charge in [-0.05, 0) is 24.3 Å². The van der Waals surface area contributed by atoms with Crippen molar-refractivity contribution in [2.75, 3.05) is 24.4 Å². The third-order valence-electron chi connectivity index (χ3n) is 4.21. The van der Waals surface area contributed by atoms with Gasteiger partial charge in [0.1, 0.15) is 0 Å². The van der Waals surface area contributed by atoms with Crippen LogP contribution in [-0.4, -0.2) is 20.6 Å². The van der Waals surface area contributed by atoms with E-state index in [4.69, 9.17) is 9.47 Å². The summed E-state index contributed by atoms with van der Waals surface area (Å²) in [5, 5.41) is 3.21. The molecule has 0 fully saturated rings. The van der Waals surface area contributed by atoms with E-state index in [0.717, 1.165) is 32.7 Å². The van der Waals surface area contributed by atoms with Crippen molar-refractivity contribution in [1.29, 1.82) is 0 Å². The zero-order valence-corrected chi connectivity index (χ0v) is 14.9. The Hall–Kier alpha value is -2.47. The Labute approximate surface area is 148 Å². The van der Waals surface area contributed by atoms with Gasteiger partial charge in [-0.1, -0.05) is 22.0 Å². The molecule has 0 saturated heterocycles. The molecule has 0 bridgehead atoms. The van der Waals surface area contributed by atoms with Gasteiger partial charge in [-0.25, -0.2) is 4.99 Å². The lowest BCUT2D eigenvalue weighted by atomic mass is 9.96. The normalized spacial score (nSPS) is 17.3. The molecule has 1 N–H and O–H groups in total. The van der Waals surface area contributed by atoms with Gasteiger partial charge in [-0.2, -0.15) is 0 Å². The van der Waals surface area contributed by atoms with Crippen molar-refractivity contribution in [3.8, 4) is 11.5 Å². The third-order valence-corrected chi connectivity index (χ3v) is 4.71. The monoisotopic (exact) mass is 385 g/mol. The molecule has 2 aromatic rings. The Kier molecular flexibility index (Phi) is 3.69. The maximum Gasteiger partial charge on any atom is 0.168 e. The Morgan fingerprint density at radius 2 is 2.08 bits per heavy atom. The maximum absolute atomic E-state index is 5.58. The molecule has 0 saturated carbocycles. The number of anilines is 2. The standard InChI is InChI=1S/C18H16BrN3O2/c1-23-15-9-14-16-13(17(15)24-2)6-7-22(18(16)21-10-20-14)12-5-3-4-11(19)8-12/h3-10,18H,1-2H3,(H,20,21). The van der Waals surface area contributed by atoms with E-state index >= 15 is 0 Å². The van der Waals surface area contributed by atoms with E-state index in [1.165, 1.54) is 0 Å². The Morgan fingerprint density at radius 3 is 2.83 bits per heavy atom. The van der Waals surface area contributed by atoms with E-state index in [2.05, 4.69) is 43.3 Å².